The second-order valence-corrected chi connectivity index (χ2v) is 13.2. The highest BCUT2D eigenvalue weighted by Crippen LogP contribution is 2.40. The number of nitro groups is 1. The molecule has 2 aliphatic rings. The van der Waals surface area contributed by atoms with E-state index in [1.54, 1.807) is 18.9 Å². The average molecular weight is 749 g/mol. The molecule has 0 radical (unpaired) electrons. The van der Waals surface area contributed by atoms with Crippen LogP contribution in [-0.2, 0) is 19.1 Å². The first-order valence-corrected chi connectivity index (χ1v) is 17.2. The van der Waals surface area contributed by atoms with Crippen LogP contribution in [0.15, 0.2) is 34.8 Å². The first-order chi connectivity index (χ1) is 23.2. The fourth-order valence-corrected chi connectivity index (χ4v) is 6.28. The van der Waals surface area contributed by atoms with E-state index in [-0.39, 0.29) is 41.0 Å². The summed E-state index contributed by atoms with van der Waals surface area (Å²) in [4.78, 5) is 62.8. The second-order valence-electron chi connectivity index (χ2n) is 12.3. The average Bonchev–Trinajstić information content (AvgIpc) is 3.06. The summed E-state index contributed by atoms with van der Waals surface area (Å²) < 4.78 is 21.4. The van der Waals surface area contributed by atoms with Gasteiger partial charge in [0.2, 0.25) is 0 Å². The number of hydrogen-bond acceptors (Lipinski definition) is 10. The van der Waals surface area contributed by atoms with Crippen molar-refractivity contribution in [2.45, 2.75) is 97.4 Å². The number of amides is 2. The van der Waals surface area contributed by atoms with Crippen LogP contribution in [0.3, 0.4) is 0 Å². The van der Waals surface area contributed by atoms with Crippen LogP contribution in [-0.4, -0.2) is 85.1 Å². The first kappa shape index (κ1) is 39.4. The van der Waals surface area contributed by atoms with Gasteiger partial charge in [-0.3, -0.25) is 24.5 Å². The Kier molecular flexibility index (Phi) is 14.5. The summed E-state index contributed by atoms with van der Waals surface area (Å²) >= 11 is 3.59. The van der Waals surface area contributed by atoms with Crippen molar-refractivity contribution in [3.05, 3.63) is 56.0 Å². The van der Waals surface area contributed by atoms with E-state index in [9.17, 15) is 29.3 Å². The van der Waals surface area contributed by atoms with E-state index in [1.165, 1.54) is 52.4 Å². The SMILES string of the molecule is COC(=O)c1ccc(O[C@H](C)C(C)=O)c([N+](=O)[O-])c1.COCCCN1C(=O)[C@@H](C)Oc2cc(Br)c(C(=O)N(C(C)C)C3CCCCC3)cc21. The van der Waals surface area contributed by atoms with Crippen LogP contribution >= 0.6 is 15.9 Å². The van der Waals surface area contributed by atoms with Gasteiger partial charge < -0.3 is 28.7 Å². The maximum absolute atomic E-state index is 13.6. The highest BCUT2D eigenvalue weighted by Gasteiger charge is 2.35. The number of fused-ring (bicyclic) bond motifs is 1. The standard InChI is InChI=1S/C23H33BrN2O4.C12H13NO6/c1-15(2)26(17-9-6-5-7-10-17)23(28)18-13-20-21(14-19(18)24)30-16(3)22(27)25(20)11-8-12-29-4;1-7(14)8(2)19-11-5-4-9(12(15)18-3)6-10(11)13(16)17/h13-17H,5-12H2,1-4H3;4-6,8H,1-3H3/t16-;8-/m11/s1. The van der Waals surface area contributed by atoms with E-state index >= 15 is 0 Å². The second kappa shape index (κ2) is 18.1. The van der Waals surface area contributed by atoms with E-state index in [4.69, 9.17) is 14.2 Å². The number of ketones is 1. The smallest absolute Gasteiger partial charge is 0.338 e. The summed E-state index contributed by atoms with van der Waals surface area (Å²) in [5, 5.41) is 10.9. The molecule has 1 fully saturated rings. The van der Waals surface area contributed by atoms with Gasteiger partial charge in [-0.05, 0) is 94.1 Å². The van der Waals surface area contributed by atoms with Gasteiger partial charge in [-0.2, -0.15) is 0 Å². The molecule has 49 heavy (non-hydrogen) atoms. The van der Waals surface area contributed by atoms with Gasteiger partial charge in [0, 0.05) is 42.9 Å². The van der Waals surface area contributed by atoms with Gasteiger partial charge in [-0.1, -0.05) is 19.3 Å². The molecule has 0 spiro atoms. The molecule has 14 heteroatoms. The van der Waals surface area contributed by atoms with Crippen molar-refractivity contribution < 1.29 is 43.0 Å². The van der Waals surface area contributed by atoms with Crippen molar-refractivity contribution in [3.8, 4) is 11.5 Å². The van der Waals surface area contributed by atoms with Crippen LogP contribution in [0.2, 0.25) is 0 Å². The molecular weight excluding hydrogens is 702 g/mol. The van der Waals surface area contributed by atoms with Crippen molar-refractivity contribution in [3.63, 3.8) is 0 Å². The lowest BCUT2D eigenvalue weighted by molar-refractivity contribution is -0.386. The first-order valence-electron chi connectivity index (χ1n) is 16.4. The number of nitro benzene ring substituents is 1. The number of rotatable bonds is 12. The summed E-state index contributed by atoms with van der Waals surface area (Å²) in [7, 11) is 2.83. The number of ether oxygens (including phenoxy) is 4. The van der Waals surface area contributed by atoms with Gasteiger partial charge in [0.1, 0.15) is 5.75 Å². The fraction of sp³-hybridized carbons (Fsp3) is 0.543. The normalized spacial score (nSPS) is 16.5. The number of benzene rings is 2. The van der Waals surface area contributed by atoms with Crippen LogP contribution in [0.4, 0.5) is 11.4 Å². The zero-order chi connectivity index (χ0) is 36.4. The number of Topliss-reactive ketones (excluding diaryl/α,β-unsaturated/α-hetero) is 1. The lowest BCUT2D eigenvalue weighted by atomic mass is 9.92. The van der Waals surface area contributed by atoms with Crippen LogP contribution in [0.5, 0.6) is 11.5 Å². The molecule has 13 nitrogen and oxygen atoms in total. The van der Waals surface area contributed by atoms with E-state index in [0.717, 1.165) is 18.9 Å². The largest absolute Gasteiger partial charge is 0.479 e. The minimum absolute atomic E-state index is 0.00878. The third kappa shape index (κ3) is 10.0. The molecule has 1 saturated carbocycles. The molecule has 0 saturated heterocycles. The summed E-state index contributed by atoms with van der Waals surface area (Å²) in [5.74, 6) is -0.473. The highest BCUT2D eigenvalue weighted by atomic mass is 79.9. The predicted molar refractivity (Wildman–Crippen MR) is 186 cm³/mol. The molecule has 2 aromatic rings. The Balaban J connectivity index is 0.000000295. The molecule has 1 heterocycles. The van der Waals surface area contributed by atoms with Crippen molar-refractivity contribution in [2.75, 3.05) is 32.3 Å². The monoisotopic (exact) mass is 747 g/mol. The molecule has 2 atom stereocenters. The van der Waals surface area contributed by atoms with Gasteiger partial charge >= 0.3 is 11.7 Å². The number of nitrogens with zero attached hydrogens (tertiary/aromatic N) is 3. The number of hydrogen-bond donors (Lipinski definition) is 0. The Morgan fingerprint density at radius 1 is 1.10 bits per heavy atom. The maximum atomic E-state index is 13.6. The van der Waals surface area contributed by atoms with E-state index < -0.39 is 28.8 Å². The van der Waals surface area contributed by atoms with Crippen molar-refractivity contribution >= 4 is 50.9 Å². The number of esters is 1. The molecule has 0 bridgehead atoms. The van der Waals surface area contributed by atoms with E-state index in [1.807, 2.05) is 17.0 Å². The van der Waals surface area contributed by atoms with Crippen molar-refractivity contribution in [2.24, 2.45) is 0 Å². The van der Waals surface area contributed by atoms with Crippen molar-refractivity contribution in [1.82, 2.24) is 4.90 Å². The molecular formula is C35H46BrN3O10. The molecule has 4 rings (SSSR count). The van der Waals surface area contributed by atoms with Crippen molar-refractivity contribution in [1.29, 1.82) is 0 Å². The molecule has 0 N–H and O–H groups in total. The topological polar surface area (TPSA) is 155 Å². The van der Waals surface area contributed by atoms with Gasteiger partial charge in [0.25, 0.3) is 11.8 Å². The Morgan fingerprint density at radius 3 is 2.35 bits per heavy atom. The van der Waals surface area contributed by atoms with E-state index in [0.29, 0.717) is 41.0 Å². The van der Waals surface area contributed by atoms with E-state index in [2.05, 4.69) is 34.5 Å². The maximum Gasteiger partial charge on any atom is 0.338 e. The fourth-order valence-electron chi connectivity index (χ4n) is 5.79. The Bertz CT molecular complexity index is 1530. The molecule has 2 aromatic carbocycles. The number of carbonyl (C=O) groups is 4. The Morgan fingerprint density at radius 2 is 1.78 bits per heavy atom. The third-order valence-corrected chi connectivity index (χ3v) is 9.09. The molecule has 2 amide bonds. The highest BCUT2D eigenvalue weighted by molar-refractivity contribution is 9.10. The molecule has 0 aromatic heterocycles. The van der Waals surface area contributed by atoms with Gasteiger partial charge in [0.05, 0.1) is 28.8 Å². The molecule has 0 unspecified atom stereocenters. The quantitative estimate of drug-likeness (QED) is 0.101. The number of methoxy groups -OCH3 is 2. The predicted octanol–water partition coefficient (Wildman–Crippen LogP) is 6.52. The zero-order valence-electron chi connectivity index (χ0n) is 29.2. The van der Waals surface area contributed by atoms with Gasteiger partial charge in [0.15, 0.2) is 23.7 Å². The lowest BCUT2D eigenvalue weighted by Gasteiger charge is -2.38. The summed E-state index contributed by atoms with van der Waals surface area (Å²) in [6.45, 7) is 9.80. The van der Waals surface area contributed by atoms with Crippen LogP contribution in [0.1, 0.15) is 93.9 Å². The van der Waals surface area contributed by atoms with Gasteiger partial charge in [-0.15, -0.1) is 0 Å². The lowest BCUT2D eigenvalue weighted by Crippen LogP contribution is -2.47. The molecule has 1 aliphatic heterocycles. The number of carbonyl (C=O) groups excluding carboxylic acids is 4. The number of anilines is 1. The number of halogens is 1. The summed E-state index contributed by atoms with van der Waals surface area (Å²) in [6, 6.07) is 7.67. The Labute approximate surface area is 295 Å². The van der Waals surface area contributed by atoms with Crippen LogP contribution < -0.4 is 14.4 Å². The minimum Gasteiger partial charge on any atom is -0.479 e. The van der Waals surface area contributed by atoms with Crippen LogP contribution in [0.25, 0.3) is 0 Å². The molecule has 268 valence electrons. The van der Waals surface area contributed by atoms with Gasteiger partial charge in [-0.25, -0.2) is 4.79 Å². The third-order valence-electron chi connectivity index (χ3n) is 8.43. The molecule has 1 aliphatic carbocycles. The zero-order valence-corrected chi connectivity index (χ0v) is 30.7. The van der Waals surface area contributed by atoms with Crippen LogP contribution in [0, 0.1) is 10.1 Å². The minimum atomic E-state index is -0.803. The summed E-state index contributed by atoms with van der Waals surface area (Å²) in [6.07, 6.45) is 5.04. The summed E-state index contributed by atoms with van der Waals surface area (Å²) in [5.41, 5.74) is 0.886. The Hall–Kier alpha value is -4.04.